The molecule has 1 unspecified atom stereocenters. The van der Waals surface area contributed by atoms with Crippen molar-refractivity contribution in [3.05, 3.63) is 68.8 Å². The van der Waals surface area contributed by atoms with E-state index in [1.165, 1.54) is 16.6 Å². The van der Waals surface area contributed by atoms with Crippen molar-refractivity contribution in [1.29, 1.82) is 0 Å². The SMILES string of the molecule is Cc1cc(C)cc(C(=O)N2CCCC(C(=O)N3CCc4[nH]c5c(Br)cccc5c4C3)C2)c1. The normalized spacial score (nSPS) is 18.7. The Morgan fingerprint density at radius 1 is 1.06 bits per heavy atom. The molecule has 32 heavy (non-hydrogen) atoms. The molecule has 3 heterocycles. The minimum Gasteiger partial charge on any atom is -0.357 e. The van der Waals surface area contributed by atoms with Gasteiger partial charge in [-0.25, -0.2) is 0 Å². The number of hydrogen-bond donors (Lipinski definition) is 1. The Morgan fingerprint density at radius 2 is 1.84 bits per heavy atom. The Morgan fingerprint density at radius 3 is 2.62 bits per heavy atom. The van der Waals surface area contributed by atoms with Gasteiger partial charge in [0.05, 0.1) is 11.4 Å². The van der Waals surface area contributed by atoms with Gasteiger partial charge in [0, 0.05) is 59.3 Å². The van der Waals surface area contributed by atoms with Crippen molar-refractivity contribution in [3.8, 4) is 0 Å². The molecule has 1 aromatic heterocycles. The number of fused-ring (bicyclic) bond motifs is 3. The number of amides is 2. The third-order valence-electron chi connectivity index (χ3n) is 6.80. The number of aromatic nitrogens is 1. The quantitative estimate of drug-likeness (QED) is 0.546. The Kier molecular flexibility index (Phi) is 5.58. The van der Waals surface area contributed by atoms with Gasteiger partial charge in [0.2, 0.25) is 5.91 Å². The van der Waals surface area contributed by atoms with Crippen LogP contribution in [0.5, 0.6) is 0 Å². The van der Waals surface area contributed by atoms with Crippen LogP contribution in [-0.2, 0) is 17.8 Å². The first-order valence-electron chi connectivity index (χ1n) is 11.3. The van der Waals surface area contributed by atoms with Crippen LogP contribution in [0, 0.1) is 19.8 Å². The maximum Gasteiger partial charge on any atom is 0.253 e. The number of likely N-dealkylation sites (tertiary alicyclic amines) is 1. The second kappa shape index (κ2) is 8.39. The van der Waals surface area contributed by atoms with Gasteiger partial charge < -0.3 is 14.8 Å². The van der Waals surface area contributed by atoms with Gasteiger partial charge in [-0.2, -0.15) is 0 Å². The fourth-order valence-electron chi connectivity index (χ4n) is 5.29. The van der Waals surface area contributed by atoms with Crippen LogP contribution in [0.4, 0.5) is 0 Å². The van der Waals surface area contributed by atoms with E-state index in [9.17, 15) is 9.59 Å². The summed E-state index contributed by atoms with van der Waals surface area (Å²) in [6, 6.07) is 12.2. The summed E-state index contributed by atoms with van der Waals surface area (Å²) in [6.45, 7) is 6.61. The summed E-state index contributed by atoms with van der Waals surface area (Å²) in [5.74, 6) is 0.0896. The molecule has 1 N–H and O–H groups in total. The van der Waals surface area contributed by atoms with Crippen molar-refractivity contribution in [2.45, 2.75) is 39.7 Å². The number of benzene rings is 2. The number of para-hydroxylation sites is 1. The summed E-state index contributed by atoms with van der Waals surface area (Å²) in [5, 5.41) is 1.18. The number of carbonyl (C=O) groups excluding carboxylic acids is 2. The monoisotopic (exact) mass is 493 g/mol. The number of hydrogen-bond acceptors (Lipinski definition) is 2. The lowest BCUT2D eigenvalue weighted by molar-refractivity contribution is -0.137. The van der Waals surface area contributed by atoms with E-state index < -0.39 is 0 Å². The van der Waals surface area contributed by atoms with E-state index in [2.05, 4.69) is 33.0 Å². The molecule has 1 atom stereocenters. The topological polar surface area (TPSA) is 56.4 Å². The molecule has 5 rings (SSSR count). The Labute approximate surface area is 196 Å². The molecule has 5 nitrogen and oxygen atoms in total. The van der Waals surface area contributed by atoms with Crippen LogP contribution >= 0.6 is 15.9 Å². The Balaban J connectivity index is 1.32. The number of piperidine rings is 1. The van der Waals surface area contributed by atoms with E-state index >= 15 is 0 Å². The number of H-pyrrole nitrogens is 1. The van der Waals surface area contributed by atoms with Crippen molar-refractivity contribution in [3.63, 3.8) is 0 Å². The highest BCUT2D eigenvalue weighted by molar-refractivity contribution is 9.10. The van der Waals surface area contributed by atoms with Gasteiger partial charge in [-0.15, -0.1) is 0 Å². The summed E-state index contributed by atoms with van der Waals surface area (Å²) in [6.07, 6.45) is 2.55. The first kappa shape index (κ1) is 21.3. The minimum atomic E-state index is -0.128. The van der Waals surface area contributed by atoms with Crippen LogP contribution in [-0.4, -0.2) is 46.2 Å². The maximum atomic E-state index is 13.5. The first-order valence-corrected chi connectivity index (χ1v) is 12.1. The fourth-order valence-corrected chi connectivity index (χ4v) is 5.76. The third kappa shape index (κ3) is 3.85. The lowest BCUT2D eigenvalue weighted by Gasteiger charge is -2.36. The van der Waals surface area contributed by atoms with Crippen molar-refractivity contribution in [2.75, 3.05) is 19.6 Å². The van der Waals surface area contributed by atoms with Crippen LogP contribution in [0.1, 0.15) is 45.6 Å². The second-order valence-electron chi connectivity index (χ2n) is 9.22. The molecule has 1 saturated heterocycles. The number of aryl methyl sites for hydroxylation is 2. The van der Waals surface area contributed by atoms with Gasteiger partial charge in [-0.1, -0.05) is 29.3 Å². The smallest absolute Gasteiger partial charge is 0.253 e. The zero-order valence-corrected chi connectivity index (χ0v) is 20.2. The van der Waals surface area contributed by atoms with Crippen LogP contribution in [0.15, 0.2) is 40.9 Å². The van der Waals surface area contributed by atoms with Crippen LogP contribution in [0.3, 0.4) is 0 Å². The standard InChI is InChI=1S/C26H28BrN3O2/c1-16-11-17(2)13-19(12-16)26(32)29-9-4-5-18(14-29)25(31)30-10-8-23-21(15-30)20-6-3-7-22(27)24(20)28-23/h3,6-7,11-13,18,28H,4-5,8-10,14-15H2,1-2H3. The van der Waals surface area contributed by atoms with Gasteiger partial charge in [0.15, 0.2) is 0 Å². The predicted molar refractivity (Wildman–Crippen MR) is 130 cm³/mol. The molecular weight excluding hydrogens is 466 g/mol. The lowest BCUT2D eigenvalue weighted by atomic mass is 9.94. The summed E-state index contributed by atoms with van der Waals surface area (Å²) in [4.78, 5) is 34.0. The molecule has 3 aromatic rings. The lowest BCUT2D eigenvalue weighted by Crippen LogP contribution is -2.47. The maximum absolute atomic E-state index is 13.5. The Hall–Kier alpha value is -2.60. The molecular formula is C26H28BrN3O2. The molecule has 2 aliphatic rings. The van der Waals surface area contributed by atoms with Crippen LogP contribution in [0.25, 0.3) is 10.9 Å². The Bertz CT molecular complexity index is 1190. The predicted octanol–water partition coefficient (Wildman–Crippen LogP) is 4.98. The van der Waals surface area contributed by atoms with Crippen LogP contribution in [0.2, 0.25) is 0 Å². The van der Waals surface area contributed by atoms with Crippen LogP contribution < -0.4 is 0 Å². The number of nitrogens with one attached hydrogen (secondary N) is 1. The summed E-state index contributed by atoms with van der Waals surface area (Å²) < 4.78 is 1.05. The molecule has 2 aliphatic heterocycles. The highest BCUT2D eigenvalue weighted by atomic mass is 79.9. The number of nitrogens with zero attached hydrogens (tertiary/aromatic N) is 2. The summed E-state index contributed by atoms with van der Waals surface area (Å²) >= 11 is 3.63. The molecule has 0 aliphatic carbocycles. The van der Waals surface area contributed by atoms with E-state index in [0.717, 1.165) is 59.0 Å². The number of aromatic amines is 1. The van der Waals surface area contributed by atoms with Gasteiger partial charge in [0.1, 0.15) is 0 Å². The zero-order chi connectivity index (χ0) is 22.4. The van der Waals surface area contributed by atoms with E-state index in [1.54, 1.807) is 0 Å². The fraction of sp³-hybridized carbons (Fsp3) is 0.385. The van der Waals surface area contributed by atoms with Crippen molar-refractivity contribution in [1.82, 2.24) is 14.8 Å². The molecule has 166 valence electrons. The van der Waals surface area contributed by atoms with Gasteiger partial charge in [-0.05, 0) is 60.8 Å². The summed E-state index contributed by atoms with van der Waals surface area (Å²) in [5.41, 5.74) is 6.46. The highest BCUT2D eigenvalue weighted by Crippen LogP contribution is 2.33. The second-order valence-corrected chi connectivity index (χ2v) is 10.1. The molecule has 6 heteroatoms. The molecule has 0 spiro atoms. The number of rotatable bonds is 2. The van der Waals surface area contributed by atoms with Crippen molar-refractivity contribution < 1.29 is 9.59 Å². The largest absolute Gasteiger partial charge is 0.357 e. The summed E-state index contributed by atoms with van der Waals surface area (Å²) in [7, 11) is 0. The average Bonchev–Trinajstić information content (AvgIpc) is 3.17. The highest BCUT2D eigenvalue weighted by Gasteiger charge is 2.33. The van der Waals surface area contributed by atoms with Gasteiger partial charge in [0.25, 0.3) is 5.91 Å². The molecule has 0 radical (unpaired) electrons. The number of carbonyl (C=O) groups is 2. The molecule has 2 amide bonds. The minimum absolute atomic E-state index is 0.0386. The van der Waals surface area contributed by atoms with Gasteiger partial charge >= 0.3 is 0 Å². The van der Waals surface area contributed by atoms with Gasteiger partial charge in [-0.3, -0.25) is 9.59 Å². The van der Waals surface area contributed by atoms with E-state index in [0.29, 0.717) is 13.1 Å². The molecule has 1 fully saturated rings. The molecule has 2 aromatic carbocycles. The van der Waals surface area contributed by atoms with E-state index in [-0.39, 0.29) is 17.7 Å². The van der Waals surface area contributed by atoms with Crippen molar-refractivity contribution >= 4 is 38.6 Å². The first-order chi connectivity index (χ1) is 15.4. The number of halogens is 1. The molecule has 0 saturated carbocycles. The third-order valence-corrected chi connectivity index (χ3v) is 7.46. The zero-order valence-electron chi connectivity index (χ0n) is 18.6. The van der Waals surface area contributed by atoms with Crippen molar-refractivity contribution in [2.24, 2.45) is 5.92 Å². The average molecular weight is 494 g/mol. The van der Waals surface area contributed by atoms with E-state index in [1.807, 2.05) is 47.9 Å². The van der Waals surface area contributed by atoms with E-state index in [4.69, 9.17) is 0 Å². The molecule has 0 bridgehead atoms.